The van der Waals surface area contributed by atoms with Crippen molar-refractivity contribution in [2.45, 2.75) is 25.4 Å². The smallest absolute Gasteiger partial charge is 0.212 e. The molecular weight excluding hydrogens is 486 g/mol. The predicted molar refractivity (Wildman–Crippen MR) is 131 cm³/mol. The van der Waals surface area contributed by atoms with Crippen LogP contribution in [0.15, 0.2) is 69.3 Å². The Morgan fingerprint density at radius 2 is 1.78 bits per heavy atom. The highest BCUT2D eigenvalue weighted by molar-refractivity contribution is 9.10. The quantitative estimate of drug-likeness (QED) is 0.362. The Hall–Kier alpha value is -2.84. The highest BCUT2D eigenvalue weighted by Gasteiger charge is 2.23. The fraction of sp³-hybridized carbons (Fsp3) is 0.208. The van der Waals surface area contributed by atoms with E-state index in [-0.39, 0.29) is 0 Å². The number of nitrogens with zero attached hydrogens (tertiary/aromatic N) is 5. The molecule has 4 aromatic rings. The van der Waals surface area contributed by atoms with Gasteiger partial charge in [0.25, 0.3) is 0 Å². The average Bonchev–Trinajstić information content (AvgIpc) is 3.35. The largest absolute Gasteiger partial charge is 0.497 e. The molecule has 0 saturated carbocycles. The third-order valence-electron chi connectivity index (χ3n) is 5.58. The van der Waals surface area contributed by atoms with Crippen LogP contribution in [0.5, 0.6) is 5.75 Å². The van der Waals surface area contributed by atoms with Crippen LogP contribution in [0.2, 0.25) is 0 Å². The van der Waals surface area contributed by atoms with E-state index < -0.39 is 0 Å². The first-order valence-electron chi connectivity index (χ1n) is 10.3. The van der Waals surface area contributed by atoms with Gasteiger partial charge in [-0.05, 0) is 61.9 Å². The lowest BCUT2D eigenvalue weighted by molar-refractivity contribution is 0.414. The summed E-state index contributed by atoms with van der Waals surface area (Å²) in [5.74, 6) is 2.46. The number of ether oxygens (including phenoxy) is 1. The van der Waals surface area contributed by atoms with Gasteiger partial charge in [0.1, 0.15) is 5.75 Å². The Kier molecular flexibility index (Phi) is 5.65. The van der Waals surface area contributed by atoms with Crippen molar-refractivity contribution in [3.63, 3.8) is 0 Å². The first kappa shape index (κ1) is 21.0. The molecule has 2 aromatic carbocycles. The lowest BCUT2D eigenvalue weighted by Gasteiger charge is -2.15. The molecule has 0 bridgehead atoms. The van der Waals surface area contributed by atoms with Crippen LogP contribution in [0.4, 0.5) is 0 Å². The fourth-order valence-electron chi connectivity index (χ4n) is 3.98. The lowest BCUT2D eigenvalue weighted by Crippen LogP contribution is -2.15. The van der Waals surface area contributed by atoms with E-state index in [0.29, 0.717) is 6.42 Å². The van der Waals surface area contributed by atoms with Gasteiger partial charge in [-0.3, -0.25) is 0 Å². The minimum absolute atomic E-state index is 0.683. The van der Waals surface area contributed by atoms with Gasteiger partial charge < -0.3 is 9.30 Å². The Morgan fingerprint density at radius 1 is 1.03 bits per heavy atom. The van der Waals surface area contributed by atoms with Crippen LogP contribution in [0, 0.1) is 13.8 Å². The van der Waals surface area contributed by atoms with E-state index in [4.69, 9.17) is 9.84 Å². The SMILES string of the molecule is COc1ccc(-n2c(C)cc(C3=Nn4c(Cc5ccc(Br)cc5)nnc4SC3)c2C)cc1. The number of aromatic nitrogens is 4. The minimum atomic E-state index is 0.683. The van der Waals surface area contributed by atoms with E-state index in [1.165, 1.54) is 11.3 Å². The second-order valence-electron chi connectivity index (χ2n) is 7.67. The van der Waals surface area contributed by atoms with Gasteiger partial charge in [-0.1, -0.05) is 39.8 Å². The third kappa shape index (κ3) is 3.89. The van der Waals surface area contributed by atoms with Gasteiger partial charge in [0.15, 0.2) is 5.82 Å². The maximum Gasteiger partial charge on any atom is 0.212 e. The number of hydrogen-bond donors (Lipinski definition) is 0. The first-order valence-corrected chi connectivity index (χ1v) is 12.0. The Bertz CT molecular complexity index is 1310. The van der Waals surface area contributed by atoms with Crippen LogP contribution < -0.4 is 4.74 Å². The minimum Gasteiger partial charge on any atom is -0.497 e. The van der Waals surface area contributed by atoms with Crippen molar-refractivity contribution < 1.29 is 4.74 Å². The van der Waals surface area contributed by atoms with Crippen molar-refractivity contribution in [3.8, 4) is 11.4 Å². The summed E-state index contributed by atoms with van der Waals surface area (Å²) < 4.78 is 10.5. The molecule has 0 saturated heterocycles. The van der Waals surface area contributed by atoms with Crippen LogP contribution in [-0.2, 0) is 6.42 Å². The van der Waals surface area contributed by atoms with E-state index in [0.717, 1.165) is 49.6 Å². The van der Waals surface area contributed by atoms with Crippen molar-refractivity contribution in [1.82, 2.24) is 19.4 Å². The summed E-state index contributed by atoms with van der Waals surface area (Å²) in [5.41, 5.74) is 6.80. The molecule has 2 aromatic heterocycles. The number of benzene rings is 2. The van der Waals surface area contributed by atoms with Crippen molar-refractivity contribution in [2.24, 2.45) is 5.10 Å². The molecule has 162 valence electrons. The third-order valence-corrected chi connectivity index (χ3v) is 7.04. The van der Waals surface area contributed by atoms with E-state index >= 15 is 0 Å². The van der Waals surface area contributed by atoms with Crippen molar-refractivity contribution in [1.29, 1.82) is 0 Å². The zero-order valence-corrected chi connectivity index (χ0v) is 20.4. The zero-order chi connectivity index (χ0) is 22.2. The molecule has 0 aliphatic carbocycles. The van der Waals surface area contributed by atoms with Crippen LogP contribution >= 0.6 is 27.7 Å². The highest BCUT2D eigenvalue weighted by Crippen LogP contribution is 2.29. The van der Waals surface area contributed by atoms with Crippen molar-refractivity contribution in [3.05, 3.63) is 87.4 Å². The molecular formula is C24H22BrN5OS. The molecule has 32 heavy (non-hydrogen) atoms. The summed E-state index contributed by atoms with van der Waals surface area (Å²) in [5, 5.41) is 14.6. The summed E-state index contributed by atoms with van der Waals surface area (Å²) >= 11 is 5.16. The van der Waals surface area contributed by atoms with E-state index in [2.05, 4.69) is 74.9 Å². The summed E-state index contributed by atoms with van der Waals surface area (Å²) in [7, 11) is 1.68. The van der Waals surface area contributed by atoms with Gasteiger partial charge in [-0.2, -0.15) is 9.78 Å². The molecule has 0 atom stereocenters. The summed E-state index contributed by atoms with van der Waals surface area (Å²) in [6.45, 7) is 4.27. The summed E-state index contributed by atoms with van der Waals surface area (Å²) in [4.78, 5) is 0. The summed E-state index contributed by atoms with van der Waals surface area (Å²) in [6.07, 6.45) is 0.683. The van der Waals surface area contributed by atoms with Crippen LogP contribution in [-0.4, -0.2) is 38.0 Å². The predicted octanol–water partition coefficient (Wildman–Crippen LogP) is 5.41. The highest BCUT2D eigenvalue weighted by atomic mass is 79.9. The molecule has 1 aliphatic heterocycles. The Labute approximate surface area is 199 Å². The Morgan fingerprint density at radius 3 is 2.50 bits per heavy atom. The van der Waals surface area contributed by atoms with E-state index in [1.54, 1.807) is 18.9 Å². The molecule has 0 amide bonds. The van der Waals surface area contributed by atoms with Gasteiger partial charge in [0.2, 0.25) is 5.16 Å². The molecule has 5 rings (SSSR count). The molecule has 0 fully saturated rings. The number of rotatable bonds is 5. The number of halogens is 1. The lowest BCUT2D eigenvalue weighted by atomic mass is 10.1. The van der Waals surface area contributed by atoms with Gasteiger partial charge in [-0.25, -0.2) is 0 Å². The standard InChI is InChI=1S/C24H22BrN5OS/c1-15-12-21(16(2)29(15)19-8-10-20(31-3)11-9-19)22-14-32-24-27-26-23(30(24)28-22)13-17-4-6-18(25)7-5-17/h4-12H,13-14H2,1-3H3. The number of fused-ring (bicyclic) bond motifs is 1. The monoisotopic (exact) mass is 507 g/mol. The molecule has 6 nitrogen and oxygen atoms in total. The second kappa shape index (κ2) is 8.60. The normalized spacial score (nSPS) is 13.1. The second-order valence-corrected chi connectivity index (χ2v) is 9.53. The number of thioether (sulfide) groups is 1. The van der Waals surface area contributed by atoms with E-state index in [9.17, 15) is 0 Å². The summed E-state index contributed by atoms with van der Waals surface area (Å²) in [6, 6.07) is 18.6. The average molecular weight is 508 g/mol. The van der Waals surface area contributed by atoms with Crippen LogP contribution in [0.3, 0.4) is 0 Å². The fourth-order valence-corrected chi connectivity index (χ4v) is 5.09. The van der Waals surface area contributed by atoms with Crippen molar-refractivity contribution >= 4 is 33.4 Å². The molecule has 0 N–H and O–H groups in total. The molecule has 3 heterocycles. The molecule has 0 unspecified atom stereocenters. The number of aryl methyl sites for hydroxylation is 1. The zero-order valence-electron chi connectivity index (χ0n) is 18.0. The molecule has 0 spiro atoms. The topological polar surface area (TPSA) is 57.2 Å². The maximum absolute atomic E-state index is 5.30. The number of hydrogen-bond acceptors (Lipinski definition) is 5. The van der Waals surface area contributed by atoms with Gasteiger partial charge in [-0.15, -0.1) is 10.2 Å². The van der Waals surface area contributed by atoms with Crippen LogP contribution in [0.25, 0.3) is 5.69 Å². The first-order chi connectivity index (χ1) is 15.5. The van der Waals surface area contributed by atoms with Gasteiger partial charge >= 0.3 is 0 Å². The maximum atomic E-state index is 5.30. The molecule has 1 aliphatic rings. The van der Waals surface area contributed by atoms with Crippen molar-refractivity contribution in [2.75, 3.05) is 12.9 Å². The van der Waals surface area contributed by atoms with Gasteiger partial charge in [0.05, 0.1) is 12.8 Å². The van der Waals surface area contributed by atoms with Crippen LogP contribution in [0.1, 0.15) is 28.3 Å². The van der Waals surface area contributed by atoms with Gasteiger partial charge in [0, 0.05) is 39.3 Å². The van der Waals surface area contributed by atoms with E-state index in [1.807, 2.05) is 28.9 Å². The number of methoxy groups -OCH3 is 1. The Balaban J connectivity index is 1.49. The molecule has 0 radical (unpaired) electrons. The molecule has 8 heteroatoms.